The lowest BCUT2D eigenvalue weighted by molar-refractivity contribution is 0.100. The number of nitrogens with zero attached hydrogens (tertiary/aromatic N) is 1. The van der Waals surface area contributed by atoms with E-state index in [2.05, 4.69) is 9.97 Å². The Morgan fingerprint density at radius 3 is 3.00 bits per heavy atom. The van der Waals surface area contributed by atoms with Gasteiger partial charge in [-0.1, -0.05) is 18.3 Å². The second-order valence-corrected chi connectivity index (χ2v) is 3.19. The first-order valence-corrected chi connectivity index (χ1v) is 4.37. The van der Waals surface area contributed by atoms with Crippen molar-refractivity contribution in [1.29, 1.82) is 0 Å². The number of rotatable bonds is 1. The maximum atomic E-state index is 11.1. The number of H-pyrrole nitrogens is 1. The van der Waals surface area contributed by atoms with E-state index in [0.29, 0.717) is 15.7 Å². The average molecular weight is 205 g/mol. The zero-order valence-electron chi connectivity index (χ0n) is 7.15. The van der Waals surface area contributed by atoms with Gasteiger partial charge in [-0.2, -0.15) is 0 Å². The van der Waals surface area contributed by atoms with Crippen LogP contribution in [-0.2, 0) is 0 Å². The number of benzene rings is 1. The Morgan fingerprint density at radius 1 is 1.50 bits per heavy atom. The van der Waals surface area contributed by atoms with Crippen LogP contribution in [0.25, 0.3) is 10.9 Å². The standard InChI is InChI=1S/C9H7N3OS/c10-8(13)5-2-1-3-6-7(5)11-4-12-9(6)14/h1-4H,(H2,10,13)(H,11,12,14). The molecule has 0 aliphatic carbocycles. The topological polar surface area (TPSA) is 71.8 Å². The average Bonchev–Trinajstić information content (AvgIpc) is 2.17. The van der Waals surface area contributed by atoms with Gasteiger partial charge in [-0.05, 0) is 12.1 Å². The predicted molar refractivity (Wildman–Crippen MR) is 55.4 cm³/mol. The van der Waals surface area contributed by atoms with E-state index in [-0.39, 0.29) is 0 Å². The Morgan fingerprint density at radius 2 is 2.29 bits per heavy atom. The highest BCUT2D eigenvalue weighted by atomic mass is 32.1. The Labute approximate surface area is 84.8 Å². The number of aromatic amines is 1. The third-order valence-electron chi connectivity index (χ3n) is 1.95. The van der Waals surface area contributed by atoms with E-state index < -0.39 is 5.91 Å². The molecule has 1 aromatic heterocycles. The number of carbonyl (C=O) groups is 1. The maximum absolute atomic E-state index is 11.1. The summed E-state index contributed by atoms with van der Waals surface area (Å²) in [5.41, 5.74) is 6.28. The summed E-state index contributed by atoms with van der Waals surface area (Å²) < 4.78 is 0.460. The van der Waals surface area contributed by atoms with Gasteiger partial charge in [0, 0.05) is 5.39 Å². The van der Waals surface area contributed by atoms with Crippen molar-refractivity contribution < 1.29 is 4.79 Å². The molecule has 0 unspecified atom stereocenters. The predicted octanol–water partition coefficient (Wildman–Crippen LogP) is 1.39. The minimum absolute atomic E-state index is 0.427. The molecular formula is C9H7N3OS. The maximum Gasteiger partial charge on any atom is 0.250 e. The molecule has 0 saturated carbocycles. The molecule has 2 aromatic rings. The number of amides is 1. The van der Waals surface area contributed by atoms with Crippen LogP contribution in [-0.4, -0.2) is 15.9 Å². The zero-order valence-corrected chi connectivity index (χ0v) is 7.97. The van der Waals surface area contributed by atoms with E-state index in [1.807, 2.05) is 0 Å². The van der Waals surface area contributed by atoms with Crippen molar-refractivity contribution in [2.24, 2.45) is 5.73 Å². The van der Waals surface area contributed by atoms with Crippen molar-refractivity contribution in [3.8, 4) is 0 Å². The van der Waals surface area contributed by atoms with Crippen molar-refractivity contribution >= 4 is 29.0 Å². The molecule has 1 heterocycles. The molecule has 2 rings (SSSR count). The van der Waals surface area contributed by atoms with Gasteiger partial charge in [-0.25, -0.2) is 4.98 Å². The molecule has 4 nitrogen and oxygen atoms in total. The number of nitrogens with one attached hydrogen (secondary N) is 1. The van der Waals surface area contributed by atoms with Crippen molar-refractivity contribution in [3.05, 3.63) is 34.7 Å². The molecule has 3 N–H and O–H groups in total. The van der Waals surface area contributed by atoms with Crippen LogP contribution in [0.4, 0.5) is 0 Å². The van der Waals surface area contributed by atoms with Gasteiger partial charge in [0.25, 0.3) is 5.91 Å². The number of primary amides is 1. The van der Waals surface area contributed by atoms with Gasteiger partial charge in [0.2, 0.25) is 0 Å². The van der Waals surface area contributed by atoms with Gasteiger partial charge >= 0.3 is 0 Å². The minimum Gasteiger partial charge on any atom is -0.366 e. The number of carbonyl (C=O) groups excluding carboxylic acids is 1. The number of nitrogens with two attached hydrogens (primary N) is 1. The van der Waals surface area contributed by atoms with Crippen LogP contribution < -0.4 is 5.73 Å². The fraction of sp³-hybridized carbons (Fsp3) is 0. The summed E-state index contributed by atoms with van der Waals surface area (Å²) in [5.74, 6) is -0.479. The molecule has 0 aliphatic rings. The molecule has 5 heteroatoms. The lowest BCUT2D eigenvalue weighted by Gasteiger charge is -2.01. The Balaban J connectivity index is 2.95. The number of fused-ring (bicyclic) bond motifs is 1. The lowest BCUT2D eigenvalue weighted by atomic mass is 10.1. The molecule has 0 aliphatic heterocycles. The van der Waals surface area contributed by atoms with Crippen LogP contribution in [0.2, 0.25) is 0 Å². The fourth-order valence-corrected chi connectivity index (χ4v) is 1.54. The van der Waals surface area contributed by atoms with Crippen LogP contribution in [0, 0.1) is 4.64 Å². The quantitative estimate of drug-likeness (QED) is 0.691. The Hall–Kier alpha value is -1.75. The van der Waals surface area contributed by atoms with Gasteiger partial charge in [-0.15, -0.1) is 0 Å². The van der Waals surface area contributed by atoms with Gasteiger partial charge < -0.3 is 10.7 Å². The normalized spacial score (nSPS) is 10.3. The van der Waals surface area contributed by atoms with Gasteiger partial charge in [0.15, 0.2) is 0 Å². The molecule has 1 amide bonds. The minimum atomic E-state index is -0.479. The molecule has 0 radical (unpaired) electrons. The first-order chi connectivity index (χ1) is 6.70. The Bertz CT molecular complexity index is 561. The monoisotopic (exact) mass is 205 g/mol. The summed E-state index contributed by atoms with van der Waals surface area (Å²) in [6, 6.07) is 5.18. The third kappa shape index (κ3) is 1.27. The van der Waals surface area contributed by atoms with Crippen LogP contribution in [0.3, 0.4) is 0 Å². The first-order valence-electron chi connectivity index (χ1n) is 3.96. The summed E-state index contributed by atoms with van der Waals surface area (Å²) >= 11 is 5.02. The highest BCUT2D eigenvalue weighted by molar-refractivity contribution is 7.71. The van der Waals surface area contributed by atoms with Crippen molar-refractivity contribution in [2.75, 3.05) is 0 Å². The molecule has 0 atom stereocenters. The van der Waals surface area contributed by atoms with Crippen LogP contribution >= 0.6 is 12.2 Å². The third-order valence-corrected chi connectivity index (χ3v) is 2.28. The van der Waals surface area contributed by atoms with Crippen LogP contribution in [0.1, 0.15) is 10.4 Å². The number of para-hydroxylation sites is 1. The van der Waals surface area contributed by atoms with Gasteiger partial charge in [-0.3, -0.25) is 4.79 Å². The smallest absolute Gasteiger partial charge is 0.250 e. The van der Waals surface area contributed by atoms with E-state index >= 15 is 0 Å². The largest absolute Gasteiger partial charge is 0.366 e. The Kier molecular flexibility index (Phi) is 2.01. The van der Waals surface area contributed by atoms with Crippen molar-refractivity contribution in [2.45, 2.75) is 0 Å². The first kappa shape index (κ1) is 8.83. The molecule has 0 saturated heterocycles. The van der Waals surface area contributed by atoms with E-state index in [1.54, 1.807) is 18.2 Å². The highest BCUT2D eigenvalue weighted by Gasteiger charge is 2.06. The SMILES string of the molecule is NC(=O)c1cccc2c(=S)nc[nH]c12. The van der Waals surface area contributed by atoms with Crippen LogP contribution in [0.15, 0.2) is 24.5 Å². The van der Waals surface area contributed by atoms with Crippen molar-refractivity contribution in [3.63, 3.8) is 0 Å². The van der Waals surface area contributed by atoms with Gasteiger partial charge in [0.1, 0.15) is 4.64 Å². The molecule has 1 aromatic carbocycles. The molecule has 0 fully saturated rings. The second kappa shape index (κ2) is 3.19. The van der Waals surface area contributed by atoms with Crippen LogP contribution in [0.5, 0.6) is 0 Å². The fourth-order valence-electron chi connectivity index (χ4n) is 1.32. The van der Waals surface area contributed by atoms with E-state index in [0.717, 1.165) is 5.39 Å². The molecule has 14 heavy (non-hydrogen) atoms. The number of hydrogen-bond donors (Lipinski definition) is 2. The molecule has 0 bridgehead atoms. The summed E-state index contributed by atoms with van der Waals surface area (Å²) in [6.45, 7) is 0. The summed E-state index contributed by atoms with van der Waals surface area (Å²) in [6.07, 6.45) is 1.46. The molecule has 70 valence electrons. The van der Waals surface area contributed by atoms with Gasteiger partial charge in [0.05, 0.1) is 17.4 Å². The summed E-state index contributed by atoms with van der Waals surface area (Å²) in [4.78, 5) is 17.9. The summed E-state index contributed by atoms with van der Waals surface area (Å²) in [5, 5.41) is 0.735. The van der Waals surface area contributed by atoms with Crippen molar-refractivity contribution in [1.82, 2.24) is 9.97 Å². The zero-order chi connectivity index (χ0) is 10.1. The van der Waals surface area contributed by atoms with E-state index in [1.165, 1.54) is 6.33 Å². The highest BCUT2D eigenvalue weighted by Crippen LogP contribution is 2.15. The lowest BCUT2D eigenvalue weighted by Crippen LogP contribution is -2.11. The molecule has 0 spiro atoms. The van der Waals surface area contributed by atoms with E-state index in [9.17, 15) is 4.79 Å². The number of hydrogen-bond acceptors (Lipinski definition) is 3. The number of aromatic nitrogens is 2. The molecular weight excluding hydrogens is 198 g/mol. The summed E-state index contributed by atoms with van der Waals surface area (Å²) in [7, 11) is 0. The second-order valence-electron chi connectivity index (χ2n) is 2.80. The van der Waals surface area contributed by atoms with E-state index in [4.69, 9.17) is 18.0 Å².